The number of benzene rings is 8. The highest BCUT2D eigenvalue weighted by atomic mass is 15.1. The van der Waals surface area contributed by atoms with Crippen LogP contribution < -0.4 is 9.80 Å². The summed E-state index contributed by atoms with van der Waals surface area (Å²) in [5, 5.41) is 0. The summed E-state index contributed by atoms with van der Waals surface area (Å²) >= 11 is 0. The van der Waals surface area contributed by atoms with Crippen molar-refractivity contribution in [3.63, 3.8) is 0 Å². The molecule has 0 bridgehead atoms. The number of nitrogens with zero attached hydrogens (tertiary/aromatic N) is 2. The molecular formula is C56H46N2. The Balaban J connectivity index is 0.934. The molecule has 8 aromatic carbocycles. The molecule has 280 valence electrons. The lowest BCUT2D eigenvalue weighted by molar-refractivity contribution is 0.660. The van der Waals surface area contributed by atoms with E-state index >= 15 is 0 Å². The lowest BCUT2D eigenvalue weighted by atomic mass is 9.81. The van der Waals surface area contributed by atoms with Gasteiger partial charge in [0.15, 0.2) is 0 Å². The van der Waals surface area contributed by atoms with Gasteiger partial charge in [0.1, 0.15) is 0 Å². The fourth-order valence-electron chi connectivity index (χ4n) is 9.37. The average molecular weight is 747 g/mol. The van der Waals surface area contributed by atoms with Gasteiger partial charge in [0.05, 0.1) is 0 Å². The second-order valence-corrected chi connectivity index (χ2v) is 16.7. The summed E-state index contributed by atoms with van der Waals surface area (Å²) in [6.07, 6.45) is 4.49. The van der Waals surface area contributed by atoms with E-state index in [9.17, 15) is 0 Å². The Morgan fingerprint density at radius 3 is 1.16 bits per heavy atom. The Hall–Kier alpha value is -6.90. The molecule has 0 saturated heterocycles. The minimum Gasteiger partial charge on any atom is -0.310 e. The van der Waals surface area contributed by atoms with E-state index in [0.717, 1.165) is 39.7 Å². The molecule has 2 aliphatic carbocycles. The zero-order chi connectivity index (χ0) is 39.4. The summed E-state index contributed by atoms with van der Waals surface area (Å²) in [5.41, 5.74) is 19.8. The smallest absolute Gasteiger partial charge is 0.0465 e. The summed E-state index contributed by atoms with van der Waals surface area (Å²) in [4.78, 5) is 4.72. The minimum atomic E-state index is -0.151. The molecule has 0 fully saturated rings. The highest BCUT2D eigenvalue weighted by Crippen LogP contribution is 2.52. The van der Waals surface area contributed by atoms with Crippen LogP contribution in [0.25, 0.3) is 34.4 Å². The SMILES string of the molecule is CC1(C)c2ccccc2-c2ccc(N(c3ccccc3)c3ccc(/C=C/c4ccc5c(c4)C(C)(C)c4cc(N(c6ccccc6)c6ccccc6)ccc4-5)cc3)cc21. The van der Waals surface area contributed by atoms with Crippen molar-refractivity contribution in [3.05, 3.63) is 228 Å². The predicted octanol–water partition coefficient (Wildman–Crippen LogP) is 15.4. The molecule has 58 heavy (non-hydrogen) atoms. The zero-order valence-electron chi connectivity index (χ0n) is 33.5. The fourth-order valence-corrected chi connectivity index (χ4v) is 9.37. The van der Waals surface area contributed by atoms with Gasteiger partial charge in [-0.1, -0.05) is 161 Å². The quantitative estimate of drug-likeness (QED) is 0.143. The standard InChI is InChI=1S/C56H46N2/c1-55(2)51-23-15-14-22-47(51)49-34-31-46(37-53(49)55)58(43-20-12-7-13-21-43)44-29-26-39(27-30-44)24-25-40-28-33-48-50-35-32-45(38-54(50)56(3,4)52(48)36-40)57(41-16-8-5-9-17-41)42-18-10-6-11-19-42/h5-38H,1-4H3/b25-24+. The van der Waals surface area contributed by atoms with E-state index in [1.807, 2.05) is 0 Å². The number of hydrogen-bond donors (Lipinski definition) is 0. The maximum atomic E-state index is 2.40. The molecule has 0 unspecified atom stereocenters. The third-order valence-corrected chi connectivity index (χ3v) is 12.4. The summed E-state index contributed by atoms with van der Waals surface area (Å²) < 4.78 is 0. The molecule has 0 aromatic heterocycles. The first-order chi connectivity index (χ1) is 28.3. The van der Waals surface area contributed by atoms with Gasteiger partial charge in [-0.3, -0.25) is 0 Å². The minimum absolute atomic E-state index is 0.0661. The van der Waals surface area contributed by atoms with Crippen LogP contribution in [0.1, 0.15) is 61.1 Å². The van der Waals surface area contributed by atoms with Gasteiger partial charge in [0, 0.05) is 45.0 Å². The Bertz CT molecular complexity index is 2780. The van der Waals surface area contributed by atoms with Crippen LogP contribution in [0.3, 0.4) is 0 Å². The predicted molar refractivity (Wildman–Crippen MR) is 246 cm³/mol. The Labute approximate surface area is 343 Å². The third kappa shape index (κ3) is 5.96. The summed E-state index contributed by atoms with van der Waals surface area (Å²) in [5.74, 6) is 0. The van der Waals surface area contributed by atoms with Crippen molar-refractivity contribution < 1.29 is 0 Å². The first-order valence-electron chi connectivity index (χ1n) is 20.3. The first kappa shape index (κ1) is 35.5. The van der Waals surface area contributed by atoms with Crippen LogP contribution >= 0.6 is 0 Å². The van der Waals surface area contributed by atoms with Gasteiger partial charge in [-0.25, -0.2) is 0 Å². The van der Waals surface area contributed by atoms with Gasteiger partial charge < -0.3 is 9.80 Å². The number of para-hydroxylation sites is 3. The monoisotopic (exact) mass is 746 g/mol. The topological polar surface area (TPSA) is 6.48 Å². The van der Waals surface area contributed by atoms with Crippen LogP contribution in [0.5, 0.6) is 0 Å². The number of hydrogen-bond acceptors (Lipinski definition) is 2. The van der Waals surface area contributed by atoms with Crippen molar-refractivity contribution in [2.45, 2.75) is 38.5 Å². The zero-order valence-corrected chi connectivity index (χ0v) is 33.5. The molecule has 0 atom stereocenters. The van der Waals surface area contributed by atoms with Gasteiger partial charge in [0.25, 0.3) is 0 Å². The average Bonchev–Trinajstić information content (AvgIpc) is 3.63. The van der Waals surface area contributed by atoms with E-state index in [1.54, 1.807) is 0 Å². The second kappa shape index (κ2) is 13.9. The van der Waals surface area contributed by atoms with Gasteiger partial charge in [0.2, 0.25) is 0 Å². The van der Waals surface area contributed by atoms with Crippen LogP contribution in [0.4, 0.5) is 34.1 Å². The Kier molecular flexibility index (Phi) is 8.53. The highest BCUT2D eigenvalue weighted by molar-refractivity contribution is 5.88. The molecule has 10 rings (SSSR count). The highest BCUT2D eigenvalue weighted by Gasteiger charge is 2.37. The van der Waals surface area contributed by atoms with Crippen molar-refractivity contribution in [1.29, 1.82) is 0 Å². The molecule has 0 amide bonds. The van der Waals surface area contributed by atoms with Crippen LogP contribution in [-0.4, -0.2) is 0 Å². The Morgan fingerprint density at radius 1 is 0.293 bits per heavy atom. The number of anilines is 6. The van der Waals surface area contributed by atoms with Crippen LogP contribution in [-0.2, 0) is 10.8 Å². The molecule has 2 heteroatoms. The molecular weight excluding hydrogens is 701 g/mol. The van der Waals surface area contributed by atoms with E-state index in [-0.39, 0.29) is 10.8 Å². The van der Waals surface area contributed by atoms with Crippen LogP contribution in [0.15, 0.2) is 194 Å². The van der Waals surface area contributed by atoms with E-state index in [2.05, 4.69) is 244 Å². The van der Waals surface area contributed by atoms with E-state index in [1.165, 1.54) is 50.1 Å². The molecule has 0 radical (unpaired) electrons. The first-order valence-corrected chi connectivity index (χ1v) is 20.3. The lowest BCUT2D eigenvalue weighted by Gasteiger charge is -2.28. The van der Waals surface area contributed by atoms with Gasteiger partial charge in [-0.15, -0.1) is 0 Å². The van der Waals surface area contributed by atoms with Crippen molar-refractivity contribution in [2.24, 2.45) is 0 Å². The van der Waals surface area contributed by atoms with E-state index < -0.39 is 0 Å². The summed E-state index contributed by atoms with van der Waals surface area (Å²) in [6.45, 7) is 9.42. The number of rotatable bonds is 8. The Morgan fingerprint density at radius 2 is 0.638 bits per heavy atom. The summed E-state index contributed by atoms with van der Waals surface area (Å²) in [6, 6.07) is 70.7. The van der Waals surface area contributed by atoms with Crippen molar-refractivity contribution in [2.75, 3.05) is 9.80 Å². The molecule has 2 aliphatic rings. The fraction of sp³-hybridized carbons (Fsp3) is 0.107. The van der Waals surface area contributed by atoms with Gasteiger partial charge in [-0.2, -0.15) is 0 Å². The molecule has 0 saturated carbocycles. The largest absolute Gasteiger partial charge is 0.310 e. The van der Waals surface area contributed by atoms with E-state index in [4.69, 9.17) is 0 Å². The van der Waals surface area contributed by atoms with Crippen molar-refractivity contribution in [3.8, 4) is 22.3 Å². The number of fused-ring (bicyclic) bond motifs is 6. The molecule has 0 heterocycles. The van der Waals surface area contributed by atoms with Crippen LogP contribution in [0.2, 0.25) is 0 Å². The van der Waals surface area contributed by atoms with Crippen LogP contribution in [0, 0.1) is 0 Å². The molecule has 0 spiro atoms. The maximum Gasteiger partial charge on any atom is 0.0465 e. The maximum absolute atomic E-state index is 2.40. The van der Waals surface area contributed by atoms with Crippen molar-refractivity contribution >= 4 is 46.3 Å². The molecule has 2 nitrogen and oxygen atoms in total. The third-order valence-electron chi connectivity index (χ3n) is 12.4. The summed E-state index contributed by atoms with van der Waals surface area (Å²) in [7, 11) is 0. The normalized spacial score (nSPS) is 14.1. The van der Waals surface area contributed by atoms with Crippen molar-refractivity contribution in [1.82, 2.24) is 0 Å². The van der Waals surface area contributed by atoms with Gasteiger partial charge in [-0.05, 0) is 128 Å². The second-order valence-electron chi connectivity index (χ2n) is 16.7. The molecule has 8 aromatic rings. The molecule has 0 aliphatic heterocycles. The van der Waals surface area contributed by atoms with Gasteiger partial charge >= 0.3 is 0 Å². The molecule has 0 N–H and O–H groups in total. The van der Waals surface area contributed by atoms with E-state index in [0.29, 0.717) is 0 Å². The lowest BCUT2D eigenvalue weighted by Crippen LogP contribution is -2.16.